The molecular weight excluding hydrogens is 286 g/mol. The molecule has 0 N–H and O–H groups in total. The van der Waals surface area contributed by atoms with Crippen LogP contribution in [0.1, 0.15) is 44.9 Å². The van der Waals surface area contributed by atoms with Crippen LogP contribution in [0.4, 0.5) is 0 Å². The zero-order chi connectivity index (χ0) is 16.3. The van der Waals surface area contributed by atoms with Crippen LogP contribution in [0.3, 0.4) is 0 Å². The monoisotopic (exact) mass is 313 g/mol. The molecular formula is C18H27N5. The minimum atomic E-state index is 0.00195. The first-order chi connectivity index (χ1) is 11.0. The number of aromatic nitrogens is 4. The number of pyridine rings is 1. The van der Waals surface area contributed by atoms with E-state index in [0.717, 1.165) is 37.7 Å². The predicted molar refractivity (Wildman–Crippen MR) is 91.0 cm³/mol. The second kappa shape index (κ2) is 6.79. The Labute approximate surface area is 138 Å². The third-order valence-electron chi connectivity index (χ3n) is 4.57. The van der Waals surface area contributed by atoms with Crippen molar-refractivity contribution in [2.24, 2.45) is 5.92 Å². The quantitative estimate of drug-likeness (QED) is 0.871. The SMILES string of the molecule is CC(C)(C)n1cc(CN2CCC(Cc3cccnc3)CC2)nn1. The summed E-state index contributed by atoms with van der Waals surface area (Å²) in [4.78, 5) is 6.71. The molecule has 1 aliphatic rings. The maximum absolute atomic E-state index is 4.33. The molecule has 0 saturated carbocycles. The third-order valence-corrected chi connectivity index (χ3v) is 4.57. The van der Waals surface area contributed by atoms with E-state index in [2.05, 4.69) is 53.2 Å². The molecule has 0 aliphatic carbocycles. The van der Waals surface area contributed by atoms with Crippen LogP contribution in [0.2, 0.25) is 0 Å². The minimum absolute atomic E-state index is 0.00195. The highest BCUT2D eigenvalue weighted by molar-refractivity contribution is 5.09. The van der Waals surface area contributed by atoms with Crippen molar-refractivity contribution in [3.8, 4) is 0 Å². The summed E-state index contributed by atoms with van der Waals surface area (Å²) in [5, 5.41) is 8.58. The second-order valence-corrected chi connectivity index (χ2v) is 7.61. The Balaban J connectivity index is 1.48. The molecule has 0 bridgehead atoms. The van der Waals surface area contributed by atoms with Gasteiger partial charge in [-0.2, -0.15) is 0 Å². The van der Waals surface area contributed by atoms with Crippen molar-refractivity contribution in [3.63, 3.8) is 0 Å². The highest BCUT2D eigenvalue weighted by Gasteiger charge is 2.21. The smallest absolute Gasteiger partial charge is 0.0967 e. The topological polar surface area (TPSA) is 46.8 Å². The number of hydrogen-bond donors (Lipinski definition) is 0. The van der Waals surface area contributed by atoms with Gasteiger partial charge in [0, 0.05) is 18.9 Å². The van der Waals surface area contributed by atoms with Crippen LogP contribution < -0.4 is 0 Å². The fourth-order valence-electron chi connectivity index (χ4n) is 3.13. The van der Waals surface area contributed by atoms with Crippen molar-refractivity contribution < 1.29 is 0 Å². The zero-order valence-corrected chi connectivity index (χ0v) is 14.4. The molecule has 23 heavy (non-hydrogen) atoms. The lowest BCUT2D eigenvalue weighted by molar-refractivity contribution is 0.175. The van der Waals surface area contributed by atoms with Crippen LogP contribution in [-0.2, 0) is 18.5 Å². The number of rotatable bonds is 4. The van der Waals surface area contributed by atoms with Crippen molar-refractivity contribution in [1.82, 2.24) is 24.9 Å². The molecule has 3 heterocycles. The van der Waals surface area contributed by atoms with Crippen LogP contribution in [-0.4, -0.2) is 38.0 Å². The van der Waals surface area contributed by atoms with Gasteiger partial charge in [-0.15, -0.1) is 5.10 Å². The lowest BCUT2D eigenvalue weighted by atomic mass is 9.91. The Bertz CT molecular complexity index is 606. The van der Waals surface area contributed by atoms with E-state index in [9.17, 15) is 0 Å². The molecule has 1 fully saturated rings. The van der Waals surface area contributed by atoms with E-state index in [1.807, 2.05) is 23.1 Å². The summed E-state index contributed by atoms with van der Waals surface area (Å²) in [6.45, 7) is 9.65. The van der Waals surface area contributed by atoms with Crippen molar-refractivity contribution in [1.29, 1.82) is 0 Å². The van der Waals surface area contributed by atoms with Crippen LogP contribution in [0.25, 0.3) is 0 Å². The number of likely N-dealkylation sites (tertiary alicyclic amines) is 1. The first kappa shape index (κ1) is 16.1. The molecule has 0 atom stereocenters. The summed E-state index contributed by atoms with van der Waals surface area (Å²) in [5.74, 6) is 0.778. The second-order valence-electron chi connectivity index (χ2n) is 7.61. The predicted octanol–water partition coefficient (Wildman–Crippen LogP) is 2.88. The molecule has 0 radical (unpaired) electrons. The van der Waals surface area contributed by atoms with E-state index in [0.29, 0.717) is 0 Å². The van der Waals surface area contributed by atoms with Gasteiger partial charge in [-0.25, -0.2) is 4.68 Å². The highest BCUT2D eigenvalue weighted by atomic mass is 15.4. The molecule has 124 valence electrons. The van der Waals surface area contributed by atoms with Gasteiger partial charge >= 0.3 is 0 Å². The number of hydrogen-bond acceptors (Lipinski definition) is 4. The van der Waals surface area contributed by atoms with Gasteiger partial charge in [0.25, 0.3) is 0 Å². The largest absolute Gasteiger partial charge is 0.297 e. The standard InChI is InChI=1S/C18H27N5/c1-18(2,3)23-14-17(20-21-23)13-22-9-6-15(7-10-22)11-16-5-4-8-19-12-16/h4-5,8,12,14-15H,6-7,9-11,13H2,1-3H3. The van der Waals surface area contributed by atoms with Crippen molar-refractivity contribution in [3.05, 3.63) is 42.0 Å². The van der Waals surface area contributed by atoms with Gasteiger partial charge in [0.15, 0.2) is 0 Å². The molecule has 0 unspecified atom stereocenters. The van der Waals surface area contributed by atoms with Crippen LogP contribution in [0, 0.1) is 5.92 Å². The normalized spacial score (nSPS) is 17.5. The Kier molecular flexibility index (Phi) is 4.76. The van der Waals surface area contributed by atoms with Crippen molar-refractivity contribution >= 4 is 0 Å². The molecule has 5 heteroatoms. The average Bonchev–Trinajstić information content (AvgIpc) is 2.99. The molecule has 2 aromatic heterocycles. The molecule has 0 spiro atoms. The van der Waals surface area contributed by atoms with E-state index in [4.69, 9.17) is 0 Å². The Morgan fingerprint density at radius 2 is 2.00 bits per heavy atom. The molecule has 2 aromatic rings. The van der Waals surface area contributed by atoms with Gasteiger partial charge in [-0.05, 0) is 70.7 Å². The maximum atomic E-state index is 4.33. The summed E-state index contributed by atoms with van der Waals surface area (Å²) < 4.78 is 1.96. The van der Waals surface area contributed by atoms with E-state index in [1.165, 1.54) is 18.4 Å². The van der Waals surface area contributed by atoms with E-state index >= 15 is 0 Å². The van der Waals surface area contributed by atoms with E-state index in [1.54, 1.807) is 0 Å². The first-order valence-electron chi connectivity index (χ1n) is 8.54. The van der Waals surface area contributed by atoms with Gasteiger partial charge in [0.2, 0.25) is 0 Å². The summed E-state index contributed by atoms with van der Waals surface area (Å²) >= 11 is 0. The van der Waals surface area contributed by atoms with Crippen LogP contribution in [0.15, 0.2) is 30.7 Å². The van der Waals surface area contributed by atoms with Gasteiger partial charge in [0.1, 0.15) is 0 Å². The number of nitrogens with zero attached hydrogens (tertiary/aromatic N) is 5. The summed E-state index contributed by atoms with van der Waals surface area (Å²) in [7, 11) is 0. The van der Waals surface area contributed by atoms with Gasteiger partial charge in [-0.3, -0.25) is 9.88 Å². The molecule has 1 aliphatic heterocycles. The Hall–Kier alpha value is -1.75. The van der Waals surface area contributed by atoms with Crippen molar-refractivity contribution in [2.75, 3.05) is 13.1 Å². The molecule has 0 amide bonds. The molecule has 5 nitrogen and oxygen atoms in total. The molecule has 1 saturated heterocycles. The minimum Gasteiger partial charge on any atom is -0.297 e. The first-order valence-corrected chi connectivity index (χ1v) is 8.54. The third kappa shape index (κ3) is 4.38. The van der Waals surface area contributed by atoms with Crippen LogP contribution >= 0.6 is 0 Å². The fraction of sp³-hybridized carbons (Fsp3) is 0.611. The van der Waals surface area contributed by atoms with Crippen LogP contribution in [0.5, 0.6) is 0 Å². The molecule has 3 rings (SSSR count). The summed E-state index contributed by atoms with van der Waals surface area (Å²) in [6, 6.07) is 4.22. The Morgan fingerprint density at radius 1 is 1.22 bits per heavy atom. The lowest BCUT2D eigenvalue weighted by Gasteiger charge is -2.31. The van der Waals surface area contributed by atoms with Gasteiger partial charge in [0.05, 0.1) is 17.4 Å². The van der Waals surface area contributed by atoms with Gasteiger partial charge < -0.3 is 0 Å². The fourth-order valence-corrected chi connectivity index (χ4v) is 3.13. The average molecular weight is 313 g/mol. The zero-order valence-electron chi connectivity index (χ0n) is 14.4. The lowest BCUT2D eigenvalue weighted by Crippen LogP contribution is -2.34. The molecule has 0 aromatic carbocycles. The van der Waals surface area contributed by atoms with Gasteiger partial charge in [-0.1, -0.05) is 11.3 Å². The Morgan fingerprint density at radius 3 is 2.61 bits per heavy atom. The summed E-state index contributed by atoms with van der Waals surface area (Å²) in [5.41, 5.74) is 2.44. The van der Waals surface area contributed by atoms with E-state index < -0.39 is 0 Å². The van der Waals surface area contributed by atoms with E-state index in [-0.39, 0.29) is 5.54 Å². The summed E-state index contributed by atoms with van der Waals surface area (Å²) in [6.07, 6.45) is 9.59. The number of piperidine rings is 1. The maximum Gasteiger partial charge on any atom is 0.0967 e. The van der Waals surface area contributed by atoms with Crippen molar-refractivity contribution in [2.45, 2.75) is 52.1 Å². The highest BCUT2D eigenvalue weighted by Crippen LogP contribution is 2.22.